The van der Waals surface area contributed by atoms with E-state index in [0.717, 1.165) is 11.3 Å². The molecule has 0 spiro atoms. The summed E-state index contributed by atoms with van der Waals surface area (Å²) in [4.78, 5) is 14.2. The van der Waals surface area contributed by atoms with Gasteiger partial charge >= 0.3 is 6.03 Å². The van der Waals surface area contributed by atoms with Crippen LogP contribution in [0.25, 0.3) is 0 Å². The standard InChI is InChI=1S/C13H22N2O2S/c1-4-13(3,7-8-16)15-12(17)14-9-11-6-5-10(2)18-11/h5-6,16H,4,7-9H2,1-3H3,(H2,14,15,17)/t13-/m0/s1. The van der Waals surface area contributed by atoms with Crippen molar-refractivity contribution in [2.45, 2.75) is 45.7 Å². The molecular weight excluding hydrogens is 248 g/mol. The Balaban J connectivity index is 2.41. The van der Waals surface area contributed by atoms with E-state index in [-0.39, 0.29) is 18.2 Å². The Hall–Kier alpha value is -1.07. The maximum atomic E-state index is 11.8. The highest BCUT2D eigenvalue weighted by Gasteiger charge is 2.23. The van der Waals surface area contributed by atoms with E-state index in [0.29, 0.717) is 13.0 Å². The van der Waals surface area contributed by atoms with E-state index in [9.17, 15) is 4.79 Å². The first-order chi connectivity index (χ1) is 8.49. The average Bonchev–Trinajstić information content (AvgIpc) is 2.73. The van der Waals surface area contributed by atoms with Crippen LogP contribution in [0.3, 0.4) is 0 Å². The quantitative estimate of drug-likeness (QED) is 0.743. The molecule has 0 saturated heterocycles. The Morgan fingerprint density at radius 3 is 2.72 bits per heavy atom. The van der Waals surface area contributed by atoms with Crippen LogP contribution in [0, 0.1) is 6.92 Å². The first kappa shape index (κ1) is 15.0. The number of hydrogen-bond donors (Lipinski definition) is 3. The highest BCUT2D eigenvalue weighted by Crippen LogP contribution is 2.15. The monoisotopic (exact) mass is 270 g/mol. The van der Waals surface area contributed by atoms with Crippen molar-refractivity contribution >= 4 is 17.4 Å². The molecule has 5 heteroatoms. The molecule has 0 aromatic carbocycles. The van der Waals surface area contributed by atoms with Gasteiger partial charge in [0.2, 0.25) is 0 Å². The summed E-state index contributed by atoms with van der Waals surface area (Å²) in [7, 11) is 0. The Morgan fingerprint density at radius 2 is 2.22 bits per heavy atom. The van der Waals surface area contributed by atoms with E-state index in [2.05, 4.69) is 10.6 Å². The number of aliphatic hydroxyl groups excluding tert-OH is 1. The summed E-state index contributed by atoms with van der Waals surface area (Å²) in [5.74, 6) is 0. The highest BCUT2D eigenvalue weighted by molar-refractivity contribution is 7.11. The molecule has 0 radical (unpaired) electrons. The fourth-order valence-electron chi connectivity index (χ4n) is 1.64. The lowest BCUT2D eigenvalue weighted by Crippen LogP contribution is -2.50. The van der Waals surface area contributed by atoms with E-state index in [4.69, 9.17) is 5.11 Å². The number of nitrogens with one attached hydrogen (secondary N) is 2. The lowest BCUT2D eigenvalue weighted by Gasteiger charge is -2.28. The maximum Gasteiger partial charge on any atom is 0.315 e. The average molecular weight is 270 g/mol. The predicted molar refractivity (Wildman–Crippen MR) is 74.8 cm³/mol. The van der Waals surface area contributed by atoms with Crippen LogP contribution in [0.4, 0.5) is 4.79 Å². The van der Waals surface area contributed by atoms with Gasteiger partial charge in [-0.3, -0.25) is 0 Å². The van der Waals surface area contributed by atoms with Crippen molar-refractivity contribution in [3.8, 4) is 0 Å². The molecule has 1 aromatic heterocycles. The van der Waals surface area contributed by atoms with Crippen LogP contribution in [-0.2, 0) is 6.54 Å². The van der Waals surface area contributed by atoms with Crippen LogP contribution in [0.1, 0.15) is 36.4 Å². The van der Waals surface area contributed by atoms with Gasteiger partial charge in [0.15, 0.2) is 0 Å². The van der Waals surface area contributed by atoms with Gasteiger partial charge in [-0.2, -0.15) is 0 Å². The topological polar surface area (TPSA) is 61.4 Å². The predicted octanol–water partition coefficient (Wildman–Crippen LogP) is 2.41. The van der Waals surface area contributed by atoms with Gasteiger partial charge in [-0.1, -0.05) is 6.92 Å². The van der Waals surface area contributed by atoms with Crippen molar-refractivity contribution in [2.24, 2.45) is 0 Å². The van der Waals surface area contributed by atoms with Crippen LogP contribution in [0.2, 0.25) is 0 Å². The van der Waals surface area contributed by atoms with Crippen molar-refractivity contribution in [3.63, 3.8) is 0 Å². The van der Waals surface area contributed by atoms with Gasteiger partial charge in [-0.25, -0.2) is 4.79 Å². The van der Waals surface area contributed by atoms with Crippen LogP contribution in [-0.4, -0.2) is 23.3 Å². The number of thiophene rings is 1. The fourth-order valence-corrected chi connectivity index (χ4v) is 2.47. The summed E-state index contributed by atoms with van der Waals surface area (Å²) in [5, 5.41) is 14.7. The second-order valence-corrected chi connectivity index (χ2v) is 6.08. The molecule has 0 unspecified atom stereocenters. The molecule has 1 atom stereocenters. The van der Waals surface area contributed by atoms with E-state index < -0.39 is 0 Å². The second kappa shape index (κ2) is 6.75. The minimum absolute atomic E-state index is 0.0781. The third-order valence-electron chi connectivity index (χ3n) is 3.08. The largest absolute Gasteiger partial charge is 0.396 e. The van der Waals surface area contributed by atoms with Crippen molar-refractivity contribution in [1.82, 2.24) is 10.6 Å². The van der Waals surface area contributed by atoms with Crippen molar-refractivity contribution in [1.29, 1.82) is 0 Å². The van der Waals surface area contributed by atoms with Gasteiger partial charge < -0.3 is 15.7 Å². The number of aliphatic hydroxyl groups is 1. The molecule has 0 aliphatic heterocycles. The zero-order valence-corrected chi connectivity index (χ0v) is 12.1. The minimum Gasteiger partial charge on any atom is -0.396 e. The molecule has 1 rings (SSSR count). The maximum absolute atomic E-state index is 11.8. The van der Waals surface area contributed by atoms with E-state index in [1.807, 2.05) is 32.9 Å². The van der Waals surface area contributed by atoms with Gasteiger partial charge in [-0.15, -0.1) is 11.3 Å². The van der Waals surface area contributed by atoms with Gasteiger partial charge in [0, 0.05) is 21.9 Å². The highest BCUT2D eigenvalue weighted by atomic mass is 32.1. The third kappa shape index (κ3) is 4.66. The van der Waals surface area contributed by atoms with E-state index >= 15 is 0 Å². The summed E-state index contributed by atoms with van der Waals surface area (Å²) < 4.78 is 0. The number of amides is 2. The molecule has 18 heavy (non-hydrogen) atoms. The Kier molecular flexibility index (Phi) is 5.62. The number of aryl methyl sites for hydroxylation is 1. The van der Waals surface area contributed by atoms with Crippen LogP contribution in [0.15, 0.2) is 12.1 Å². The molecule has 3 N–H and O–H groups in total. The number of carbonyl (C=O) groups is 1. The van der Waals surface area contributed by atoms with Crippen molar-refractivity contribution < 1.29 is 9.90 Å². The molecule has 0 fully saturated rings. The number of urea groups is 1. The van der Waals surface area contributed by atoms with Crippen LogP contribution < -0.4 is 10.6 Å². The summed E-state index contributed by atoms with van der Waals surface area (Å²) in [5.41, 5.74) is -0.343. The number of hydrogen-bond acceptors (Lipinski definition) is 3. The number of rotatable bonds is 6. The van der Waals surface area contributed by atoms with Gasteiger partial charge in [0.1, 0.15) is 0 Å². The normalized spacial score (nSPS) is 14.0. The first-order valence-electron chi connectivity index (χ1n) is 6.21. The van der Waals surface area contributed by atoms with Crippen molar-refractivity contribution in [3.05, 3.63) is 21.9 Å². The number of carbonyl (C=O) groups excluding carboxylic acids is 1. The van der Waals surface area contributed by atoms with Crippen molar-refractivity contribution in [2.75, 3.05) is 6.61 Å². The lowest BCUT2D eigenvalue weighted by molar-refractivity contribution is 0.201. The zero-order chi connectivity index (χ0) is 13.6. The third-order valence-corrected chi connectivity index (χ3v) is 4.08. The molecular formula is C13H22N2O2S. The summed E-state index contributed by atoms with van der Waals surface area (Å²) >= 11 is 1.68. The summed E-state index contributed by atoms with van der Waals surface area (Å²) in [6.45, 7) is 6.61. The Morgan fingerprint density at radius 1 is 1.50 bits per heavy atom. The molecule has 0 saturated carbocycles. The fraction of sp³-hybridized carbons (Fsp3) is 0.615. The molecule has 0 aliphatic carbocycles. The van der Waals surface area contributed by atoms with E-state index in [1.165, 1.54) is 4.88 Å². The van der Waals surface area contributed by atoms with Crippen LogP contribution in [0.5, 0.6) is 0 Å². The SMILES string of the molecule is CC[C@@](C)(CCO)NC(=O)NCc1ccc(C)s1. The molecule has 102 valence electrons. The zero-order valence-electron chi connectivity index (χ0n) is 11.2. The van der Waals surface area contributed by atoms with Gasteiger partial charge in [0.25, 0.3) is 0 Å². The molecule has 1 heterocycles. The molecule has 0 aliphatic rings. The molecule has 2 amide bonds. The second-order valence-electron chi connectivity index (χ2n) is 4.71. The molecule has 0 bridgehead atoms. The Bertz CT molecular complexity index is 392. The summed E-state index contributed by atoms with van der Waals surface area (Å²) in [6, 6.07) is 3.88. The first-order valence-corrected chi connectivity index (χ1v) is 7.03. The molecule has 1 aromatic rings. The van der Waals surface area contributed by atoms with Gasteiger partial charge in [0.05, 0.1) is 6.54 Å². The van der Waals surface area contributed by atoms with Gasteiger partial charge in [-0.05, 0) is 38.8 Å². The minimum atomic E-state index is -0.343. The molecule has 4 nitrogen and oxygen atoms in total. The smallest absolute Gasteiger partial charge is 0.315 e. The van der Waals surface area contributed by atoms with Crippen LogP contribution >= 0.6 is 11.3 Å². The Labute approximate surface area is 112 Å². The lowest BCUT2D eigenvalue weighted by atomic mass is 9.95. The van der Waals surface area contributed by atoms with E-state index in [1.54, 1.807) is 11.3 Å². The summed E-state index contributed by atoms with van der Waals surface area (Å²) in [6.07, 6.45) is 1.36.